The van der Waals surface area contributed by atoms with E-state index >= 15 is 0 Å². The van der Waals surface area contributed by atoms with Crippen molar-refractivity contribution in [3.8, 4) is 0 Å². The van der Waals surface area contributed by atoms with Gasteiger partial charge in [-0.15, -0.1) is 0 Å². The van der Waals surface area contributed by atoms with E-state index in [1.807, 2.05) is 0 Å². The molecule has 0 bridgehead atoms. The number of esters is 1. The van der Waals surface area contributed by atoms with Crippen molar-refractivity contribution in [2.24, 2.45) is 0 Å². The summed E-state index contributed by atoms with van der Waals surface area (Å²) in [6.07, 6.45) is 0. The molecule has 0 atom stereocenters. The van der Waals surface area contributed by atoms with Crippen molar-refractivity contribution in [2.75, 3.05) is 7.11 Å². The predicted octanol–water partition coefficient (Wildman–Crippen LogP) is 2.59. The molecule has 12 heavy (non-hydrogen) atoms. The first kappa shape index (κ1) is 10.1. The summed E-state index contributed by atoms with van der Waals surface area (Å²) in [5.74, 6) is -0.340. The first-order valence-electron chi connectivity index (χ1n) is 2.98. The highest BCUT2D eigenvalue weighted by Gasteiger charge is 2.16. The Kier molecular flexibility index (Phi) is 3.67. The van der Waals surface area contributed by atoms with Crippen molar-refractivity contribution in [2.45, 2.75) is 5.33 Å². The molecule has 66 valence electrons. The number of carbonyl (C=O) groups excluding carboxylic acids is 1. The summed E-state index contributed by atoms with van der Waals surface area (Å²) in [7, 11) is 1.36. The number of aromatic nitrogens is 1. The van der Waals surface area contributed by atoms with Crippen molar-refractivity contribution in [3.63, 3.8) is 0 Å². The lowest BCUT2D eigenvalue weighted by Gasteiger charge is -1.94. The van der Waals surface area contributed by atoms with Gasteiger partial charge < -0.3 is 4.74 Å². The van der Waals surface area contributed by atoms with Gasteiger partial charge in [-0.25, -0.2) is 9.78 Å². The molecule has 1 aromatic rings. The molecule has 1 heterocycles. The third-order valence-corrected chi connectivity index (χ3v) is 3.23. The minimum atomic E-state index is -0.340. The summed E-state index contributed by atoms with van der Waals surface area (Å²) < 4.78 is 5.27. The largest absolute Gasteiger partial charge is 0.465 e. The fraction of sp³-hybridized carbons (Fsp3) is 0.333. The second-order valence-corrected chi connectivity index (χ2v) is 4.70. The molecule has 0 saturated carbocycles. The second kappa shape index (κ2) is 4.34. The number of hydrogen-bond acceptors (Lipinski definition) is 4. The van der Waals surface area contributed by atoms with Gasteiger partial charge in [-0.3, -0.25) is 0 Å². The maximum Gasteiger partial charge on any atom is 0.350 e. The van der Waals surface area contributed by atoms with Gasteiger partial charge >= 0.3 is 5.97 Å². The van der Waals surface area contributed by atoms with Crippen LogP contribution in [0.1, 0.15) is 15.4 Å². The molecular formula is C6H5Br2NO2S. The summed E-state index contributed by atoms with van der Waals surface area (Å²) in [5.41, 5.74) is 0.707. The topological polar surface area (TPSA) is 39.2 Å². The first-order chi connectivity index (χ1) is 5.69. The minimum Gasteiger partial charge on any atom is -0.465 e. The number of halogens is 2. The number of rotatable bonds is 2. The highest BCUT2D eigenvalue weighted by molar-refractivity contribution is 9.11. The van der Waals surface area contributed by atoms with Gasteiger partial charge in [-0.2, -0.15) is 0 Å². The Bertz CT molecular complexity index is 300. The van der Waals surface area contributed by atoms with E-state index in [-0.39, 0.29) is 5.97 Å². The number of alkyl halides is 1. The average Bonchev–Trinajstić information content (AvgIpc) is 2.45. The quantitative estimate of drug-likeness (QED) is 0.622. The van der Waals surface area contributed by atoms with Gasteiger partial charge in [0.1, 0.15) is 4.88 Å². The number of nitrogens with zero attached hydrogens (tertiary/aromatic N) is 1. The standard InChI is InChI=1S/C6H5Br2NO2S/c1-11-5(10)4-3(2-7)9-6(8)12-4/h2H2,1H3. The summed E-state index contributed by atoms with van der Waals surface area (Å²) in [4.78, 5) is 15.7. The molecule has 0 aliphatic heterocycles. The zero-order valence-electron chi connectivity index (χ0n) is 6.13. The SMILES string of the molecule is COC(=O)c1sc(Br)nc1CBr. The molecule has 0 spiro atoms. The van der Waals surface area contributed by atoms with Crippen molar-refractivity contribution >= 4 is 49.2 Å². The van der Waals surface area contributed by atoms with Crippen molar-refractivity contribution in [1.29, 1.82) is 0 Å². The number of hydrogen-bond donors (Lipinski definition) is 0. The van der Waals surface area contributed by atoms with Gasteiger partial charge in [0.05, 0.1) is 12.8 Å². The number of ether oxygens (including phenoxy) is 1. The maximum absolute atomic E-state index is 11.1. The summed E-state index contributed by atoms with van der Waals surface area (Å²) in [6, 6.07) is 0. The molecule has 0 aliphatic carbocycles. The van der Waals surface area contributed by atoms with E-state index in [1.165, 1.54) is 18.4 Å². The Hall–Kier alpha value is 0.0600. The van der Waals surface area contributed by atoms with Crippen molar-refractivity contribution < 1.29 is 9.53 Å². The molecule has 0 fully saturated rings. The first-order valence-corrected chi connectivity index (χ1v) is 5.71. The van der Waals surface area contributed by atoms with Crippen LogP contribution in [0.5, 0.6) is 0 Å². The third-order valence-electron chi connectivity index (χ3n) is 1.17. The highest BCUT2D eigenvalue weighted by Crippen LogP contribution is 2.25. The van der Waals surface area contributed by atoms with E-state index in [0.29, 0.717) is 19.8 Å². The van der Waals surface area contributed by atoms with Crippen LogP contribution in [0, 0.1) is 0 Å². The molecule has 1 aromatic heterocycles. The fourth-order valence-corrected chi connectivity index (χ4v) is 2.68. The zero-order valence-corrected chi connectivity index (χ0v) is 10.1. The maximum atomic E-state index is 11.1. The van der Waals surface area contributed by atoms with E-state index in [9.17, 15) is 4.79 Å². The molecule has 3 nitrogen and oxygen atoms in total. The van der Waals surface area contributed by atoms with Crippen molar-refractivity contribution in [1.82, 2.24) is 4.98 Å². The lowest BCUT2D eigenvalue weighted by Crippen LogP contribution is -2.01. The zero-order chi connectivity index (χ0) is 9.14. The summed E-state index contributed by atoms with van der Waals surface area (Å²) >= 11 is 7.71. The molecule has 6 heteroatoms. The lowest BCUT2D eigenvalue weighted by atomic mass is 10.4. The Morgan fingerprint density at radius 2 is 2.42 bits per heavy atom. The van der Waals surface area contributed by atoms with Crippen LogP contribution in [-0.2, 0) is 10.1 Å². The summed E-state index contributed by atoms with van der Waals surface area (Å²) in [5, 5.41) is 0.555. The van der Waals surface area contributed by atoms with Crippen molar-refractivity contribution in [3.05, 3.63) is 14.5 Å². The van der Waals surface area contributed by atoms with Crippen LogP contribution in [0.25, 0.3) is 0 Å². The van der Waals surface area contributed by atoms with Gasteiger partial charge in [-0.05, 0) is 15.9 Å². The van der Waals surface area contributed by atoms with E-state index in [2.05, 4.69) is 41.6 Å². The Labute approximate surface area is 90.4 Å². The number of carbonyl (C=O) groups is 1. The van der Waals surface area contributed by atoms with Crippen LogP contribution >= 0.6 is 43.2 Å². The molecular weight excluding hydrogens is 310 g/mol. The monoisotopic (exact) mass is 313 g/mol. The van der Waals surface area contributed by atoms with E-state index < -0.39 is 0 Å². The van der Waals surface area contributed by atoms with E-state index in [4.69, 9.17) is 0 Å². The molecule has 1 rings (SSSR count). The van der Waals surface area contributed by atoms with Crippen LogP contribution in [0.3, 0.4) is 0 Å². The molecule has 0 aliphatic rings. The smallest absolute Gasteiger partial charge is 0.350 e. The molecule has 0 amide bonds. The molecule has 0 saturated heterocycles. The van der Waals surface area contributed by atoms with Gasteiger partial charge in [0.25, 0.3) is 0 Å². The molecule has 0 aromatic carbocycles. The normalized spacial score (nSPS) is 9.92. The minimum absolute atomic E-state index is 0.340. The van der Waals surface area contributed by atoms with Crippen LogP contribution in [-0.4, -0.2) is 18.1 Å². The Morgan fingerprint density at radius 3 is 2.92 bits per heavy atom. The average molecular weight is 315 g/mol. The van der Waals surface area contributed by atoms with Gasteiger partial charge in [-0.1, -0.05) is 27.3 Å². The second-order valence-electron chi connectivity index (χ2n) is 1.87. The van der Waals surface area contributed by atoms with Crippen LogP contribution in [0.15, 0.2) is 3.92 Å². The number of thiazole rings is 1. The lowest BCUT2D eigenvalue weighted by molar-refractivity contribution is 0.0605. The van der Waals surface area contributed by atoms with E-state index in [1.54, 1.807) is 0 Å². The highest BCUT2D eigenvalue weighted by atomic mass is 79.9. The fourth-order valence-electron chi connectivity index (χ4n) is 0.666. The number of methoxy groups -OCH3 is 1. The molecule has 0 radical (unpaired) electrons. The van der Waals surface area contributed by atoms with Gasteiger partial charge in [0, 0.05) is 5.33 Å². The Morgan fingerprint density at radius 1 is 1.75 bits per heavy atom. The van der Waals surface area contributed by atoms with Gasteiger partial charge in [0.15, 0.2) is 3.92 Å². The van der Waals surface area contributed by atoms with Crippen LogP contribution < -0.4 is 0 Å². The predicted molar refractivity (Wildman–Crippen MR) is 53.8 cm³/mol. The molecule has 0 unspecified atom stereocenters. The third kappa shape index (κ3) is 2.05. The van der Waals surface area contributed by atoms with Gasteiger partial charge in [0.2, 0.25) is 0 Å². The van der Waals surface area contributed by atoms with Crippen LogP contribution in [0.2, 0.25) is 0 Å². The molecule has 0 N–H and O–H groups in total. The van der Waals surface area contributed by atoms with Crippen LogP contribution in [0.4, 0.5) is 0 Å². The Balaban J connectivity index is 3.04. The van der Waals surface area contributed by atoms with E-state index in [0.717, 1.165) is 0 Å². The summed E-state index contributed by atoms with van der Waals surface area (Å²) in [6.45, 7) is 0.